The summed E-state index contributed by atoms with van der Waals surface area (Å²) in [6.07, 6.45) is 5.20. The van der Waals surface area contributed by atoms with E-state index in [1.807, 2.05) is 6.07 Å². The summed E-state index contributed by atoms with van der Waals surface area (Å²) in [7, 11) is 0. The van der Waals surface area contributed by atoms with E-state index in [-0.39, 0.29) is 0 Å². The van der Waals surface area contributed by atoms with Crippen molar-refractivity contribution in [1.29, 1.82) is 0 Å². The van der Waals surface area contributed by atoms with E-state index in [9.17, 15) is 0 Å². The molecule has 0 spiro atoms. The largest absolute Gasteiger partial charge is 0.310 e. The molecule has 0 saturated heterocycles. The second-order valence-corrected chi connectivity index (χ2v) is 7.19. The fraction of sp³-hybridized carbons (Fsp3) is 0.625. The molecule has 1 aliphatic carbocycles. The van der Waals surface area contributed by atoms with Gasteiger partial charge < -0.3 is 5.32 Å². The summed E-state index contributed by atoms with van der Waals surface area (Å²) in [4.78, 5) is 0. The molecule has 1 fully saturated rings. The Morgan fingerprint density at radius 1 is 1.10 bits per heavy atom. The number of hydrogen-bond donors (Lipinski definition) is 1. The number of benzene rings is 1. The van der Waals surface area contributed by atoms with Crippen LogP contribution in [-0.4, -0.2) is 6.04 Å². The van der Waals surface area contributed by atoms with Crippen LogP contribution in [0.3, 0.4) is 0 Å². The third-order valence-electron chi connectivity index (χ3n) is 4.36. The van der Waals surface area contributed by atoms with Crippen molar-refractivity contribution in [3.63, 3.8) is 0 Å². The SMILES string of the molecule is CC(C)C1CCCCC1NCc1c(Cl)ccc(Cl)c1Cl. The molecule has 1 nitrogen and oxygen atoms in total. The van der Waals surface area contributed by atoms with E-state index in [0.717, 1.165) is 11.5 Å². The first kappa shape index (κ1) is 16.4. The maximum absolute atomic E-state index is 6.26. The number of nitrogens with one attached hydrogen (secondary N) is 1. The standard InChI is InChI=1S/C16H22Cl3N/c1-10(2)11-5-3-4-6-15(11)20-9-12-13(17)7-8-14(18)16(12)19/h7-8,10-11,15,20H,3-6,9H2,1-2H3. The molecule has 2 atom stereocenters. The molecular weight excluding hydrogens is 313 g/mol. The summed E-state index contributed by atoms with van der Waals surface area (Å²) in [5.74, 6) is 1.44. The zero-order valence-corrected chi connectivity index (χ0v) is 14.3. The maximum Gasteiger partial charge on any atom is 0.0652 e. The zero-order valence-electron chi connectivity index (χ0n) is 12.1. The molecule has 0 heterocycles. The molecule has 0 amide bonds. The molecule has 0 aliphatic heterocycles. The molecule has 4 heteroatoms. The van der Waals surface area contributed by atoms with E-state index in [1.54, 1.807) is 6.07 Å². The van der Waals surface area contributed by atoms with Gasteiger partial charge in [0.15, 0.2) is 0 Å². The van der Waals surface area contributed by atoms with Gasteiger partial charge >= 0.3 is 0 Å². The fourth-order valence-corrected chi connectivity index (χ4v) is 3.86. The predicted octanol–water partition coefficient (Wildman–Crippen LogP) is 5.95. The van der Waals surface area contributed by atoms with Gasteiger partial charge in [-0.25, -0.2) is 0 Å². The number of hydrogen-bond acceptors (Lipinski definition) is 1. The Morgan fingerprint density at radius 3 is 2.45 bits per heavy atom. The van der Waals surface area contributed by atoms with Crippen LogP contribution in [0.25, 0.3) is 0 Å². The van der Waals surface area contributed by atoms with Crippen molar-refractivity contribution in [2.45, 2.75) is 52.1 Å². The topological polar surface area (TPSA) is 12.0 Å². The monoisotopic (exact) mass is 333 g/mol. The quantitative estimate of drug-likeness (QED) is 0.671. The first-order valence-electron chi connectivity index (χ1n) is 7.36. The lowest BCUT2D eigenvalue weighted by molar-refractivity contribution is 0.204. The second-order valence-electron chi connectivity index (χ2n) is 6.00. The van der Waals surface area contributed by atoms with E-state index in [4.69, 9.17) is 34.8 Å². The summed E-state index contributed by atoms with van der Waals surface area (Å²) >= 11 is 18.6. The minimum atomic E-state index is 0.551. The van der Waals surface area contributed by atoms with Gasteiger partial charge in [-0.2, -0.15) is 0 Å². The van der Waals surface area contributed by atoms with E-state index in [1.165, 1.54) is 25.7 Å². The normalized spacial score (nSPS) is 23.3. The summed E-state index contributed by atoms with van der Waals surface area (Å²) in [6.45, 7) is 5.31. The Bertz CT molecular complexity index is 459. The molecule has 112 valence electrons. The van der Waals surface area contributed by atoms with E-state index >= 15 is 0 Å². The Hall–Kier alpha value is 0.0500. The number of halogens is 3. The van der Waals surface area contributed by atoms with Crippen molar-refractivity contribution in [3.8, 4) is 0 Å². The van der Waals surface area contributed by atoms with Crippen LogP contribution in [-0.2, 0) is 6.54 Å². The Kier molecular flexibility index (Phi) is 6.04. The molecule has 1 aliphatic rings. The lowest BCUT2D eigenvalue weighted by atomic mass is 9.78. The smallest absolute Gasteiger partial charge is 0.0652 e. The molecule has 0 bridgehead atoms. The number of rotatable bonds is 4. The molecule has 2 unspecified atom stereocenters. The summed E-state index contributed by atoms with van der Waals surface area (Å²) in [6, 6.07) is 4.11. The van der Waals surface area contributed by atoms with Crippen LogP contribution in [0.5, 0.6) is 0 Å². The molecule has 1 aromatic carbocycles. The van der Waals surface area contributed by atoms with Gasteiger partial charge in [0.05, 0.1) is 10.0 Å². The highest BCUT2D eigenvalue weighted by Gasteiger charge is 2.27. The van der Waals surface area contributed by atoms with Crippen LogP contribution >= 0.6 is 34.8 Å². The van der Waals surface area contributed by atoms with Gasteiger partial charge in [-0.1, -0.05) is 61.5 Å². The molecule has 1 aromatic rings. The molecule has 1 saturated carbocycles. The first-order chi connectivity index (χ1) is 9.50. The fourth-order valence-electron chi connectivity index (χ4n) is 3.18. The van der Waals surface area contributed by atoms with E-state index in [2.05, 4.69) is 19.2 Å². The van der Waals surface area contributed by atoms with Crippen molar-refractivity contribution in [2.24, 2.45) is 11.8 Å². The van der Waals surface area contributed by atoms with Gasteiger partial charge in [-0.3, -0.25) is 0 Å². The van der Waals surface area contributed by atoms with Crippen molar-refractivity contribution in [1.82, 2.24) is 5.32 Å². The van der Waals surface area contributed by atoms with Crippen LogP contribution in [0.1, 0.15) is 45.1 Å². The highest BCUT2D eigenvalue weighted by atomic mass is 35.5. The van der Waals surface area contributed by atoms with E-state index in [0.29, 0.717) is 33.6 Å². The minimum Gasteiger partial charge on any atom is -0.310 e. The first-order valence-corrected chi connectivity index (χ1v) is 8.50. The van der Waals surface area contributed by atoms with Gasteiger partial charge in [-0.05, 0) is 36.8 Å². The van der Waals surface area contributed by atoms with Crippen molar-refractivity contribution >= 4 is 34.8 Å². The Labute approximate surface area is 137 Å². The Morgan fingerprint density at radius 2 is 1.75 bits per heavy atom. The molecular formula is C16H22Cl3N. The molecule has 20 heavy (non-hydrogen) atoms. The van der Waals surface area contributed by atoms with E-state index < -0.39 is 0 Å². The van der Waals surface area contributed by atoms with Gasteiger partial charge in [0, 0.05) is 23.2 Å². The van der Waals surface area contributed by atoms with Gasteiger partial charge in [-0.15, -0.1) is 0 Å². The summed E-state index contributed by atoms with van der Waals surface area (Å²) in [5, 5.41) is 5.47. The average molecular weight is 335 g/mol. The summed E-state index contributed by atoms with van der Waals surface area (Å²) < 4.78 is 0. The molecule has 1 N–H and O–H groups in total. The maximum atomic E-state index is 6.26. The van der Waals surface area contributed by atoms with Gasteiger partial charge in [0.25, 0.3) is 0 Å². The lowest BCUT2D eigenvalue weighted by Crippen LogP contribution is -2.40. The zero-order chi connectivity index (χ0) is 14.7. The highest BCUT2D eigenvalue weighted by molar-refractivity contribution is 6.44. The summed E-state index contributed by atoms with van der Waals surface area (Å²) in [5.41, 5.74) is 0.911. The van der Waals surface area contributed by atoms with Gasteiger partial charge in [0.1, 0.15) is 0 Å². The third-order valence-corrected chi connectivity index (χ3v) is 5.55. The molecule has 2 rings (SSSR count). The molecule has 0 radical (unpaired) electrons. The van der Waals surface area contributed by atoms with Crippen molar-refractivity contribution in [3.05, 3.63) is 32.8 Å². The van der Waals surface area contributed by atoms with Crippen LogP contribution in [0.15, 0.2) is 12.1 Å². The van der Waals surface area contributed by atoms with Crippen molar-refractivity contribution < 1.29 is 0 Å². The minimum absolute atomic E-state index is 0.551. The van der Waals surface area contributed by atoms with Crippen LogP contribution in [0.4, 0.5) is 0 Å². The highest BCUT2D eigenvalue weighted by Crippen LogP contribution is 2.33. The van der Waals surface area contributed by atoms with Crippen LogP contribution in [0.2, 0.25) is 15.1 Å². The molecule has 0 aromatic heterocycles. The average Bonchev–Trinajstić information content (AvgIpc) is 2.43. The van der Waals surface area contributed by atoms with Crippen molar-refractivity contribution in [2.75, 3.05) is 0 Å². The second kappa shape index (κ2) is 7.35. The van der Waals surface area contributed by atoms with Crippen LogP contribution < -0.4 is 5.32 Å². The van der Waals surface area contributed by atoms with Gasteiger partial charge in [0.2, 0.25) is 0 Å². The Balaban J connectivity index is 2.06. The lowest BCUT2D eigenvalue weighted by Gasteiger charge is -2.35. The van der Waals surface area contributed by atoms with Crippen LogP contribution in [0, 0.1) is 11.8 Å². The predicted molar refractivity (Wildman–Crippen MR) is 88.9 cm³/mol. The third kappa shape index (κ3) is 3.82.